The number of nitrogens with one attached hydrogen (secondary N) is 1. The monoisotopic (exact) mass is 279 g/mol. The molecule has 1 fully saturated rings. The minimum absolute atomic E-state index is 0. The van der Waals surface area contributed by atoms with Crippen LogP contribution in [-0.2, 0) is 0 Å². The van der Waals surface area contributed by atoms with Gasteiger partial charge in [0.1, 0.15) is 0 Å². The molecule has 0 aliphatic carbocycles. The molecule has 0 bridgehead atoms. The average Bonchev–Trinajstić information content (AvgIpc) is 2.90. The van der Waals surface area contributed by atoms with Crippen molar-refractivity contribution in [3.63, 3.8) is 0 Å². The van der Waals surface area contributed by atoms with Crippen molar-refractivity contribution in [1.82, 2.24) is 15.5 Å². The van der Waals surface area contributed by atoms with E-state index in [0.717, 1.165) is 18.5 Å². The van der Waals surface area contributed by atoms with Gasteiger partial charge in [-0.2, -0.15) is 4.98 Å². The number of nitrogens with zero attached hydrogens (tertiary/aromatic N) is 2. The van der Waals surface area contributed by atoms with Gasteiger partial charge in [0.25, 0.3) is 0 Å². The normalized spacial score (nSPS) is 18.9. The van der Waals surface area contributed by atoms with E-state index in [9.17, 15) is 0 Å². The molecule has 1 saturated heterocycles. The molecule has 2 aromatic rings. The molecule has 1 aliphatic rings. The molecule has 0 amide bonds. The number of piperidine rings is 1. The van der Waals surface area contributed by atoms with E-state index in [4.69, 9.17) is 4.52 Å². The molecule has 0 spiro atoms. The highest BCUT2D eigenvalue weighted by atomic mass is 35.5. The molecule has 0 unspecified atom stereocenters. The Balaban J connectivity index is 0.00000133. The molecule has 3 rings (SSSR count). The number of rotatable bonds is 2. The van der Waals surface area contributed by atoms with Gasteiger partial charge in [0, 0.05) is 5.56 Å². The van der Waals surface area contributed by atoms with Crippen LogP contribution in [-0.4, -0.2) is 16.7 Å². The molecule has 1 N–H and O–H groups in total. The minimum Gasteiger partial charge on any atom is -0.337 e. The van der Waals surface area contributed by atoms with E-state index in [1.165, 1.54) is 18.4 Å². The second-order valence-electron chi connectivity index (χ2n) is 4.82. The van der Waals surface area contributed by atoms with E-state index in [1.807, 2.05) is 12.1 Å². The van der Waals surface area contributed by atoms with Crippen LogP contribution in [0.5, 0.6) is 0 Å². The van der Waals surface area contributed by atoms with E-state index in [2.05, 4.69) is 34.5 Å². The Hall–Kier alpha value is -1.39. The molecular formula is C14H18ClN3O. The smallest absolute Gasteiger partial charge is 0.244 e. The lowest BCUT2D eigenvalue weighted by atomic mass is 10.1. The molecule has 1 aliphatic heterocycles. The van der Waals surface area contributed by atoms with Gasteiger partial charge in [-0.3, -0.25) is 0 Å². The van der Waals surface area contributed by atoms with Gasteiger partial charge in [-0.05, 0) is 26.3 Å². The number of hydrogen-bond donors (Lipinski definition) is 1. The fourth-order valence-corrected chi connectivity index (χ4v) is 2.26. The summed E-state index contributed by atoms with van der Waals surface area (Å²) in [6.07, 6.45) is 3.53. The summed E-state index contributed by atoms with van der Waals surface area (Å²) in [7, 11) is 0. The average molecular weight is 280 g/mol. The van der Waals surface area contributed by atoms with E-state index >= 15 is 0 Å². The molecule has 0 saturated carbocycles. The Morgan fingerprint density at radius 2 is 2.00 bits per heavy atom. The number of benzene rings is 1. The van der Waals surface area contributed by atoms with Crippen molar-refractivity contribution >= 4 is 12.4 Å². The number of halogens is 1. The van der Waals surface area contributed by atoms with Gasteiger partial charge >= 0.3 is 0 Å². The summed E-state index contributed by atoms with van der Waals surface area (Å²) in [6.45, 7) is 3.10. The van der Waals surface area contributed by atoms with Crippen LogP contribution in [0.4, 0.5) is 0 Å². The first-order valence-electron chi connectivity index (χ1n) is 6.47. The number of hydrogen-bond acceptors (Lipinski definition) is 4. The van der Waals surface area contributed by atoms with E-state index in [-0.39, 0.29) is 18.4 Å². The summed E-state index contributed by atoms with van der Waals surface area (Å²) in [4.78, 5) is 4.49. The third kappa shape index (κ3) is 3.14. The van der Waals surface area contributed by atoms with Gasteiger partial charge in [-0.1, -0.05) is 41.4 Å². The highest BCUT2D eigenvalue weighted by Crippen LogP contribution is 2.24. The summed E-state index contributed by atoms with van der Waals surface area (Å²) >= 11 is 0. The molecule has 102 valence electrons. The maximum absolute atomic E-state index is 5.37. The van der Waals surface area contributed by atoms with E-state index in [0.29, 0.717) is 11.7 Å². The molecular weight excluding hydrogens is 262 g/mol. The van der Waals surface area contributed by atoms with Crippen LogP contribution in [0.25, 0.3) is 11.4 Å². The molecule has 1 aromatic carbocycles. The first-order chi connectivity index (χ1) is 8.83. The topological polar surface area (TPSA) is 51.0 Å². The zero-order valence-corrected chi connectivity index (χ0v) is 11.7. The summed E-state index contributed by atoms with van der Waals surface area (Å²) in [6, 6.07) is 8.40. The zero-order chi connectivity index (χ0) is 12.4. The summed E-state index contributed by atoms with van der Waals surface area (Å²) in [5, 5.41) is 7.48. The predicted molar refractivity (Wildman–Crippen MR) is 76.3 cm³/mol. The third-order valence-corrected chi connectivity index (χ3v) is 3.36. The second-order valence-corrected chi connectivity index (χ2v) is 4.82. The van der Waals surface area contributed by atoms with Crippen molar-refractivity contribution < 1.29 is 4.52 Å². The lowest BCUT2D eigenvalue weighted by molar-refractivity contribution is 0.297. The van der Waals surface area contributed by atoms with Gasteiger partial charge in [-0.25, -0.2) is 0 Å². The van der Waals surface area contributed by atoms with Crippen LogP contribution in [0.15, 0.2) is 28.8 Å². The zero-order valence-electron chi connectivity index (χ0n) is 10.9. The van der Waals surface area contributed by atoms with Crippen molar-refractivity contribution in [2.75, 3.05) is 6.54 Å². The number of aryl methyl sites for hydroxylation is 1. The Bertz CT molecular complexity index is 518. The van der Waals surface area contributed by atoms with Gasteiger partial charge in [0.15, 0.2) is 0 Å². The predicted octanol–water partition coefficient (Wildman–Crippen LogP) is 3.28. The van der Waals surface area contributed by atoms with Crippen LogP contribution >= 0.6 is 12.4 Å². The Labute approximate surface area is 119 Å². The molecule has 19 heavy (non-hydrogen) atoms. The van der Waals surface area contributed by atoms with Crippen molar-refractivity contribution in [3.8, 4) is 11.4 Å². The lowest BCUT2D eigenvalue weighted by Crippen LogP contribution is -2.26. The third-order valence-electron chi connectivity index (χ3n) is 3.36. The quantitative estimate of drug-likeness (QED) is 0.916. The first-order valence-corrected chi connectivity index (χ1v) is 6.47. The Kier molecular flexibility index (Phi) is 4.56. The highest BCUT2D eigenvalue weighted by molar-refractivity contribution is 5.85. The summed E-state index contributed by atoms with van der Waals surface area (Å²) < 4.78 is 5.37. The Morgan fingerprint density at radius 3 is 2.68 bits per heavy atom. The van der Waals surface area contributed by atoms with Crippen LogP contribution in [0.1, 0.15) is 36.8 Å². The Morgan fingerprint density at radius 1 is 1.21 bits per heavy atom. The van der Waals surface area contributed by atoms with Crippen molar-refractivity contribution in [2.24, 2.45) is 0 Å². The summed E-state index contributed by atoms with van der Waals surface area (Å²) in [5.74, 6) is 1.39. The van der Waals surface area contributed by atoms with Gasteiger partial charge in [0.2, 0.25) is 11.7 Å². The fraction of sp³-hybridized carbons (Fsp3) is 0.429. The molecule has 4 nitrogen and oxygen atoms in total. The SMILES string of the molecule is Cc1ccc(-c2noc([C@H]3CCCCN3)n2)cc1.Cl. The minimum atomic E-state index is 0. The van der Waals surface area contributed by atoms with Crippen molar-refractivity contribution in [2.45, 2.75) is 32.2 Å². The van der Waals surface area contributed by atoms with Crippen LogP contribution in [0.2, 0.25) is 0 Å². The molecule has 0 radical (unpaired) electrons. The van der Waals surface area contributed by atoms with E-state index < -0.39 is 0 Å². The van der Waals surface area contributed by atoms with Gasteiger partial charge in [-0.15, -0.1) is 12.4 Å². The van der Waals surface area contributed by atoms with Crippen LogP contribution < -0.4 is 5.32 Å². The number of aromatic nitrogens is 2. The molecule has 1 aromatic heterocycles. The standard InChI is InChI=1S/C14H17N3O.ClH/c1-10-5-7-11(8-6-10)13-16-14(18-17-13)12-4-2-3-9-15-12;/h5-8,12,15H,2-4,9H2,1H3;1H/t12-;/m1./s1. The van der Waals surface area contributed by atoms with Crippen molar-refractivity contribution in [1.29, 1.82) is 0 Å². The maximum Gasteiger partial charge on any atom is 0.244 e. The lowest BCUT2D eigenvalue weighted by Gasteiger charge is -2.19. The maximum atomic E-state index is 5.37. The highest BCUT2D eigenvalue weighted by Gasteiger charge is 2.21. The fourth-order valence-electron chi connectivity index (χ4n) is 2.26. The molecule has 5 heteroatoms. The first kappa shape index (κ1) is 14.0. The van der Waals surface area contributed by atoms with Crippen LogP contribution in [0, 0.1) is 6.92 Å². The van der Waals surface area contributed by atoms with Crippen LogP contribution in [0.3, 0.4) is 0 Å². The largest absolute Gasteiger partial charge is 0.337 e. The van der Waals surface area contributed by atoms with Gasteiger partial charge in [0.05, 0.1) is 6.04 Å². The molecule has 2 heterocycles. The van der Waals surface area contributed by atoms with Crippen molar-refractivity contribution in [3.05, 3.63) is 35.7 Å². The second kappa shape index (κ2) is 6.17. The molecule has 1 atom stereocenters. The summed E-state index contributed by atoms with van der Waals surface area (Å²) in [5.41, 5.74) is 2.24. The van der Waals surface area contributed by atoms with Gasteiger partial charge < -0.3 is 9.84 Å². The van der Waals surface area contributed by atoms with E-state index in [1.54, 1.807) is 0 Å².